The van der Waals surface area contributed by atoms with E-state index in [0.29, 0.717) is 16.3 Å². The summed E-state index contributed by atoms with van der Waals surface area (Å²) in [4.78, 5) is 12.1. The summed E-state index contributed by atoms with van der Waals surface area (Å²) in [6, 6.07) is 13.3. The highest BCUT2D eigenvalue weighted by Gasteiger charge is 2.20. The van der Waals surface area contributed by atoms with Gasteiger partial charge in [0.25, 0.3) is 5.91 Å². The maximum absolute atomic E-state index is 12.1. The summed E-state index contributed by atoms with van der Waals surface area (Å²) in [5.41, 5.74) is 1.09. The first kappa shape index (κ1) is 13.9. The number of halogens is 1. The van der Waals surface area contributed by atoms with Gasteiger partial charge in [-0.3, -0.25) is 4.79 Å². The number of rotatable bonds is 4. The van der Waals surface area contributed by atoms with Crippen LogP contribution in [0.2, 0.25) is 0 Å². The molecule has 2 rings (SSSR count). The van der Waals surface area contributed by atoms with Crippen LogP contribution < -0.4 is 5.32 Å². The summed E-state index contributed by atoms with van der Waals surface area (Å²) in [5.74, 6) is 0.409. The molecular weight excluding hydrogens is 306 g/mol. The Morgan fingerprint density at radius 1 is 1.16 bits per heavy atom. The van der Waals surface area contributed by atoms with E-state index in [1.165, 1.54) is 0 Å². The molecule has 0 spiro atoms. The Balaban J connectivity index is 2.16. The molecule has 100 valence electrons. The molecule has 1 unspecified atom stereocenters. The Labute approximate surface area is 121 Å². The van der Waals surface area contributed by atoms with Crippen LogP contribution in [-0.2, 0) is 0 Å². The SMILES string of the molecule is CC(C)C(NC(=O)c1ccc(Br)o1)c1ccccc1. The molecule has 0 aliphatic carbocycles. The van der Waals surface area contributed by atoms with Gasteiger partial charge < -0.3 is 9.73 Å². The average Bonchev–Trinajstić information content (AvgIpc) is 2.83. The number of nitrogens with one attached hydrogen (secondary N) is 1. The lowest BCUT2D eigenvalue weighted by Crippen LogP contribution is -2.31. The fourth-order valence-electron chi connectivity index (χ4n) is 1.94. The van der Waals surface area contributed by atoms with Gasteiger partial charge >= 0.3 is 0 Å². The van der Waals surface area contributed by atoms with Crippen molar-refractivity contribution in [3.05, 3.63) is 58.5 Å². The zero-order valence-corrected chi connectivity index (χ0v) is 12.5. The van der Waals surface area contributed by atoms with E-state index in [9.17, 15) is 4.79 Å². The third-order valence-electron chi connectivity index (χ3n) is 2.91. The molecule has 1 N–H and O–H groups in total. The predicted molar refractivity (Wildman–Crippen MR) is 77.9 cm³/mol. The predicted octanol–water partition coefficient (Wildman–Crippen LogP) is 4.17. The van der Waals surface area contributed by atoms with E-state index in [-0.39, 0.29) is 11.9 Å². The van der Waals surface area contributed by atoms with Gasteiger partial charge in [0.05, 0.1) is 6.04 Å². The molecule has 3 nitrogen and oxygen atoms in total. The zero-order chi connectivity index (χ0) is 13.8. The van der Waals surface area contributed by atoms with E-state index in [1.54, 1.807) is 12.1 Å². The Bertz CT molecular complexity index is 548. The van der Waals surface area contributed by atoms with Crippen LogP contribution in [0.1, 0.15) is 36.0 Å². The van der Waals surface area contributed by atoms with E-state index in [1.807, 2.05) is 30.3 Å². The minimum Gasteiger partial charge on any atom is -0.444 e. The van der Waals surface area contributed by atoms with E-state index in [4.69, 9.17) is 4.42 Å². The van der Waals surface area contributed by atoms with E-state index in [0.717, 1.165) is 5.56 Å². The quantitative estimate of drug-likeness (QED) is 0.918. The fraction of sp³-hybridized carbons (Fsp3) is 0.267. The maximum Gasteiger partial charge on any atom is 0.287 e. The van der Waals surface area contributed by atoms with Crippen LogP contribution in [0, 0.1) is 5.92 Å². The van der Waals surface area contributed by atoms with Crippen LogP contribution in [-0.4, -0.2) is 5.91 Å². The Hall–Kier alpha value is -1.55. The molecule has 0 bridgehead atoms. The van der Waals surface area contributed by atoms with E-state index in [2.05, 4.69) is 35.1 Å². The standard InChI is InChI=1S/C15H16BrNO2/c1-10(2)14(11-6-4-3-5-7-11)17-15(18)12-8-9-13(16)19-12/h3-10,14H,1-2H3,(H,17,18). The van der Waals surface area contributed by atoms with Crippen molar-refractivity contribution < 1.29 is 9.21 Å². The highest BCUT2D eigenvalue weighted by molar-refractivity contribution is 9.10. The van der Waals surface area contributed by atoms with Gasteiger partial charge in [-0.15, -0.1) is 0 Å². The van der Waals surface area contributed by atoms with Gasteiger partial charge in [-0.25, -0.2) is 0 Å². The molecule has 0 aliphatic heterocycles. The van der Waals surface area contributed by atoms with Crippen LogP contribution in [0.4, 0.5) is 0 Å². The van der Waals surface area contributed by atoms with Gasteiger partial charge in [0.1, 0.15) is 0 Å². The summed E-state index contributed by atoms with van der Waals surface area (Å²) in [5, 5.41) is 3.01. The average molecular weight is 322 g/mol. The van der Waals surface area contributed by atoms with Gasteiger partial charge in [-0.05, 0) is 39.5 Å². The molecule has 0 radical (unpaired) electrons. The molecule has 4 heteroatoms. The largest absolute Gasteiger partial charge is 0.444 e. The summed E-state index contributed by atoms with van der Waals surface area (Å²) in [6.07, 6.45) is 0. The summed E-state index contributed by atoms with van der Waals surface area (Å²) in [7, 11) is 0. The number of carbonyl (C=O) groups is 1. The van der Waals surface area contributed by atoms with Crippen molar-refractivity contribution in [2.24, 2.45) is 5.92 Å². The molecule has 0 saturated carbocycles. The normalized spacial score (nSPS) is 12.4. The third-order valence-corrected chi connectivity index (χ3v) is 3.34. The molecule has 1 amide bonds. The number of benzene rings is 1. The van der Waals surface area contributed by atoms with Crippen LogP contribution in [0.25, 0.3) is 0 Å². The van der Waals surface area contributed by atoms with Gasteiger partial charge in [0.2, 0.25) is 0 Å². The lowest BCUT2D eigenvalue weighted by Gasteiger charge is -2.22. The van der Waals surface area contributed by atoms with Crippen LogP contribution in [0.15, 0.2) is 51.6 Å². The second-order valence-electron chi connectivity index (χ2n) is 4.71. The molecule has 1 atom stereocenters. The van der Waals surface area contributed by atoms with Crippen molar-refractivity contribution in [3.63, 3.8) is 0 Å². The van der Waals surface area contributed by atoms with E-state index >= 15 is 0 Å². The van der Waals surface area contributed by atoms with Crippen LogP contribution >= 0.6 is 15.9 Å². The number of furan rings is 1. The topological polar surface area (TPSA) is 42.2 Å². The first-order chi connectivity index (χ1) is 9.08. The highest BCUT2D eigenvalue weighted by Crippen LogP contribution is 2.22. The highest BCUT2D eigenvalue weighted by atomic mass is 79.9. The van der Waals surface area contributed by atoms with E-state index < -0.39 is 0 Å². The number of hydrogen-bond acceptors (Lipinski definition) is 2. The summed E-state index contributed by atoms with van der Waals surface area (Å²) in [6.45, 7) is 4.16. The monoisotopic (exact) mass is 321 g/mol. The molecule has 2 aromatic rings. The van der Waals surface area contributed by atoms with Crippen LogP contribution in [0.3, 0.4) is 0 Å². The van der Waals surface area contributed by atoms with Gasteiger partial charge in [0.15, 0.2) is 10.4 Å². The third kappa shape index (κ3) is 3.47. The Morgan fingerprint density at radius 3 is 2.37 bits per heavy atom. The van der Waals surface area contributed by atoms with Crippen molar-refractivity contribution in [1.82, 2.24) is 5.32 Å². The molecule has 1 aromatic heterocycles. The molecule has 0 aliphatic rings. The molecular formula is C15H16BrNO2. The van der Waals surface area contributed by atoms with Crippen molar-refractivity contribution >= 4 is 21.8 Å². The van der Waals surface area contributed by atoms with Gasteiger partial charge in [0, 0.05) is 0 Å². The van der Waals surface area contributed by atoms with Crippen LogP contribution in [0.5, 0.6) is 0 Å². The number of amides is 1. The first-order valence-electron chi connectivity index (χ1n) is 6.19. The molecule has 0 saturated heterocycles. The second kappa shape index (κ2) is 6.06. The minimum atomic E-state index is -0.201. The first-order valence-corrected chi connectivity index (χ1v) is 6.98. The smallest absolute Gasteiger partial charge is 0.287 e. The molecule has 1 heterocycles. The van der Waals surface area contributed by atoms with Crippen molar-refractivity contribution in [2.45, 2.75) is 19.9 Å². The lowest BCUT2D eigenvalue weighted by atomic mass is 9.96. The van der Waals surface area contributed by atoms with Crippen molar-refractivity contribution in [1.29, 1.82) is 0 Å². The van der Waals surface area contributed by atoms with Crippen molar-refractivity contribution in [2.75, 3.05) is 0 Å². The van der Waals surface area contributed by atoms with Crippen molar-refractivity contribution in [3.8, 4) is 0 Å². The minimum absolute atomic E-state index is 0.0300. The Morgan fingerprint density at radius 2 is 1.84 bits per heavy atom. The Kier molecular flexibility index (Phi) is 4.43. The van der Waals surface area contributed by atoms with Gasteiger partial charge in [-0.2, -0.15) is 0 Å². The lowest BCUT2D eigenvalue weighted by molar-refractivity contribution is 0.0896. The maximum atomic E-state index is 12.1. The molecule has 1 aromatic carbocycles. The molecule has 0 fully saturated rings. The fourth-order valence-corrected chi connectivity index (χ4v) is 2.25. The number of carbonyl (C=O) groups excluding carboxylic acids is 1. The van der Waals surface area contributed by atoms with Gasteiger partial charge in [-0.1, -0.05) is 44.2 Å². The second-order valence-corrected chi connectivity index (χ2v) is 5.49. The number of hydrogen-bond donors (Lipinski definition) is 1. The zero-order valence-electron chi connectivity index (χ0n) is 10.9. The molecule has 19 heavy (non-hydrogen) atoms. The summed E-state index contributed by atoms with van der Waals surface area (Å²) >= 11 is 3.19. The summed E-state index contributed by atoms with van der Waals surface area (Å²) < 4.78 is 5.82.